The second-order valence-electron chi connectivity index (χ2n) is 7.15. The van der Waals surface area contributed by atoms with Gasteiger partial charge in [0, 0.05) is 25.3 Å². The number of amides is 1. The lowest BCUT2D eigenvalue weighted by molar-refractivity contribution is -0.113. The molecule has 1 amide bonds. The molecule has 0 bridgehead atoms. The van der Waals surface area contributed by atoms with Gasteiger partial charge in [-0.25, -0.2) is 0 Å². The molecule has 8 heteroatoms. The summed E-state index contributed by atoms with van der Waals surface area (Å²) in [6, 6.07) is 14.4. The number of ether oxygens (including phenoxy) is 3. The van der Waals surface area contributed by atoms with Gasteiger partial charge in [0.25, 0.3) is 5.91 Å². The van der Waals surface area contributed by atoms with Gasteiger partial charge in [0.15, 0.2) is 17.8 Å². The highest BCUT2D eigenvalue weighted by molar-refractivity contribution is 6.00. The lowest BCUT2D eigenvalue weighted by atomic mass is 9.95. The average Bonchev–Trinajstić information content (AvgIpc) is 3.33. The molecule has 31 heavy (non-hydrogen) atoms. The average molecular weight is 423 g/mol. The van der Waals surface area contributed by atoms with Gasteiger partial charge in [0.05, 0.1) is 24.9 Å². The Labute approximate surface area is 180 Å². The van der Waals surface area contributed by atoms with Crippen LogP contribution >= 0.6 is 0 Å². The molecule has 4 rings (SSSR count). The van der Waals surface area contributed by atoms with Gasteiger partial charge in [-0.3, -0.25) is 9.89 Å². The van der Waals surface area contributed by atoms with Crippen LogP contribution in [0.25, 0.3) is 11.3 Å². The maximum atomic E-state index is 13.3. The second-order valence-corrected chi connectivity index (χ2v) is 7.15. The van der Waals surface area contributed by atoms with E-state index in [0.29, 0.717) is 23.7 Å². The van der Waals surface area contributed by atoms with Crippen molar-refractivity contribution in [2.75, 3.05) is 27.4 Å². The smallest absolute Gasteiger partial charge is 0.273 e. The molecule has 0 saturated carbocycles. The molecule has 2 N–H and O–H groups in total. The summed E-state index contributed by atoms with van der Waals surface area (Å²) in [4.78, 5) is 15.0. The Morgan fingerprint density at radius 2 is 1.90 bits per heavy atom. The Bertz CT molecular complexity index is 1060. The third-order valence-electron chi connectivity index (χ3n) is 5.38. The van der Waals surface area contributed by atoms with Crippen molar-refractivity contribution in [1.29, 1.82) is 0 Å². The van der Waals surface area contributed by atoms with Gasteiger partial charge < -0.3 is 24.2 Å². The summed E-state index contributed by atoms with van der Waals surface area (Å²) in [5.41, 5.74) is 3.60. The number of H-pyrrole nitrogens is 1. The van der Waals surface area contributed by atoms with E-state index < -0.39 is 12.3 Å². The zero-order valence-corrected chi connectivity index (χ0v) is 17.7. The lowest BCUT2D eigenvalue weighted by Crippen LogP contribution is -2.38. The third-order valence-corrected chi connectivity index (χ3v) is 5.38. The highest BCUT2D eigenvalue weighted by Gasteiger charge is 2.43. The number of phenols is 1. The second kappa shape index (κ2) is 8.79. The number of phenolic OH excluding ortho intramolecular Hbond substituents is 1. The van der Waals surface area contributed by atoms with Crippen LogP contribution in [0.15, 0.2) is 48.5 Å². The number of rotatable bonds is 8. The Hall–Kier alpha value is -3.36. The first-order valence-electron chi connectivity index (χ1n) is 10.0. The monoisotopic (exact) mass is 423 g/mol. The van der Waals surface area contributed by atoms with E-state index in [1.165, 1.54) is 14.2 Å². The molecule has 1 aliphatic heterocycles. The molecule has 8 nitrogen and oxygen atoms in total. The van der Waals surface area contributed by atoms with E-state index >= 15 is 0 Å². The standard InChI is InChI=1S/C23H25N3O5/c1-4-31-17-12-15(10-11-16(17)27)22-19-20(14-8-6-5-7-9-14)24-25-21(19)23(28)26(22)13-18(29-2)30-3/h5-12,18,22,27H,4,13H2,1-3H3,(H,24,25). The van der Waals surface area contributed by atoms with Gasteiger partial charge in [-0.05, 0) is 24.6 Å². The van der Waals surface area contributed by atoms with Crippen LogP contribution in [0.2, 0.25) is 0 Å². The molecular weight excluding hydrogens is 398 g/mol. The van der Waals surface area contributed by atoms with Gasteiger partial charge in [-0.1, -0.05) is 36.4 Å². The highest BCUT2D eigenvalue weighted by atomic mass is 16.7. The number of aromatic amines is 1. The molecule has 3 aromatic rings. The molecule has 162 valence electrons. The SMILES string of the molecule is CCOc1cc(C2c3c(-c4ccccc4)n[nH]c3C(=O)N2CC(OC)OC)ccc1O. The van der Waals surface area contributed by atoms with Crippen molar-refractivity contribution in [1.82, 2.24) is 15.1 Å². The van der Waals surface area contributed by atoms with Crippen LogP contribution in [-0.2, 0) is 9.47 Å². The van der Waals surface area contributed by atoms with E-state index in [0.717, 1.165) is 16.7 Å². The molecule has 0 spiro atoms. The molecule has 1 aliphatic rings. The van der Waals surface area contributed by atoms with Crippen molar-refractivity contribution in [2.24, 2.45) is 0 Å². The predicted octanol–water partition coefficient (Wildman–Crippen LogP) is 3.35. The van der Waals surface area contributed by atoms with Gasteiger partial charge >= 0.3 is 0 Å². The molecule has 1 aromatic heterocycles. The largest absolute Gasteiger partial charge is 0.504 e. The molecule has 0 aliphatic carbocycles. The number of hydrogen-bond donors (Lipinski definition) is 2. The van der Waals surface area contributed by atoms with Gasteiger partial charge in [-0.15, -0.1) is 0 Å². The summed E-state index contributed by atoms with van der Waals surface area (Å²) in [6.07, 6.45) is -0.591. The number of aromatic nitrogens is 2. The zero-order chi connectivity index (χ0) is 22.0. The first kappa shape index (κ1) is 20.9. The summed E-state index contributed by atoms with van der Waals surface area (Å²) in [5.74, 6) is 0.212. The predicted molar refractivity (Wildman–Crippen MR) is 114 cm³/mol. The number of carbonyl (C=O) groups excluding carboxylic acids is 1. The Morgan fingerprint density at radius 3 is 2.58 bits per heavy atom. The van der Waals surface area contributed by atoms with Crippen molar-refractivity contribution < 1.29 is 24.1 Å². The molecule has 2 heterocycles. The Morgan fingerprint density at radius 1 is 1.16 bits per heavy atom. The third kappa shape index (κ3) is 3.75. The van der Waals surface area contributed by atoms with Crippen molar-refractivity contribution in [3.8, 4) is 22.8 Å². The number of nitrogens with one attached hydrogen (secondary N) is 1. The highest BCUT2D eigenvalue weighted by Crippen LogP contribution is 2.44. The maximum Gasteiger partial charge on any atom is 0.273 e. The number of nitrogens with zero attached hydrogens (tertiary/aromatic N) is 2. The van der Waals surface area contributed by atoms with E-state index in [9.17, 15) is 9.90 Å². The van der Waals surface area contributed by atoms with Crippen LogP contribution in [0.1, 0.15) is 34.6 Å². The topological polar surface area (TPSA) is 96.9 Å². The van der Waals surface area contributed by atoms with Crippen molar-refractivity contribution in [3.63, 3.8) is 0 Å². The molecule has 1 unspecified atom stereocenters. The number of methoxy groups -OCH3 is 2. The van der Waals surface area contributed by atoms with E-state index in [1.54, 1.807) is 23.1 Å². The number of fused-ring (bicyclic) bond motifs is 1. The van der Waals surface area contributed by atoms with E-state index in [-0.39, 0.29) is 18.2 Å². The van der Waals surface area contributed by atoms with Gasteiger partial charge in [0.2, 0.25) is 0 Å². The fourth-order valence-electron chi connectivity index (χ4n) is 3.93. The minimum absolute atomic E-state index is 0.0452. The lowest BCUT2D eigenvalue weighted by Gasteiger charge is -2.29. The van der Waals surface area contributed by atoms with Crippen LogP contribution in [0.5, 0.6) is 11.5 Å². The maximum absolute atomic E-state index is 13.3. The molecule has 0 fully saturated rings. The van der Waals surface area contributed by atoms with Crippen LogP contribution < -0.4 is 4.74 Å². The normalized spacial score (nSPS) is 15.5. The van der Waals surface area contributed by atoms with Gasteiger partial charge in [-0.2, -0.15) is 5.10 Å². The van der Waals surface area contributed by atoms with Crippen LogP contribution in [0.4, 0.5) is 0 Å². The van der Waals surface area contributed by atoms with E-state index in [4.69, 9.17) is 14.2 Å². The summed E-state index contributed by atoms with van der Waals surface area (Å²) in [6.45, 7) is 2.48. The summed E-state index contributed by atoms with van der Waals surface area (Å²) < 4.78 is 16.3. The van der Waals surface area contributed by atoms with Crippen molar-refractivity contribution in [2.45, 2.75) is 19.3 Å². The number of aromatic hydroxyl groups is 1. The van der Waals surface area contributed by atoms with Crippen LogP contribution in [0, 0.1) is 0 Å². The fourth-order valence-corrected chi connectivity index (χ4v) is 3.93. The van der Waals surface area contributed by atoms with E-state index in [1.807, 2.05) is 37.3 Å². The summed E-state index contributed by atoms with van der Waals surface area (Å²) >= 11 is 0. The number of benzene rings is 2. The minimum atomic E-state index is -0.591. The first-order chi connectivity index (χ1) is 15.1. The molecule has 0 radical (unpaired) electrons. The van der Waals surface area contributed by atoms with Crippen molar-refractivity contribution >= 4 is 5.91 Å². The van der Waals surface area contributed by atoms with Crippen LogP contribution in [-0.4, -0.2) is 59.8 Å². The zero-order valence-electron chi connectivity index (χ0n) is 17.7. The number of hydrogen-bond acceptors (Lipinski definition) is 6. The quantitative estimate of drug-likeness (QED) is 0.540. The fraction of sp³-hybridized carbons (Fsp3) is 0.304. The first-order valence-corrected chi connectivity index (χ1v) is 10.0. The van der Waals surface area contributed by atoms with Crippen molar-refractivity contribution in [3.05, 3.63) is 65.4 Å². The molecule has 2 aromatic carbocycles. The Kier molecular flexibility index (Phi) is 5.92. The molecule has 1 atom stereocenters. The summed E-state index contributed by atoms with van der Waals surface area (Å²) in [7, 11) is 3.07. The van der Waals surface area contributed by atoms with E-state index in [2.05, 4.69) is 10.2 Å². The summed E-state index contributed by atoms with van der Waals surface area (Å²) in [5, 5.41) is 17.5. The molecule has 0 saturated heterocycles. The Balaban J connectivity index is 1.86. The molecular formula is C23H25N3O5. The van der Waals surface area contributed by atoms with Crippen LogP contribution in [0.3, 0.4) is 0 Å². The number of carbonyl (C=O) groups is 1. The van der Waals surface area contributed by atoms with Gasteiger partial charge in [0.1, 0.15) is 5.69 Å². The minimum Gasteiger partial charge on any atom is -0.504 e.